The molecule has 2 N–H and O–H groups in total. The van der Waals surface area contributed by atoms with E-state index in [1.165, 1.54) is 12.8 Å². The number of sulfonamides is 1. The van der Waals surface area contributed by atoms with Crippen LogP contribution in [0.2, 0.25) is 0 Å². The van der Waals surface area contributed by atoms with E-state index in [9.17, 15) is 8.42 Å². The Bertz CT molecular complexity index is 496. The summed E-state index contributed by atoms with van der Waals surface area (Å²) in [5.74, 6) is 0.206. The molecule has 7 heteroatoms. The zero-order valence-electron chi connectivity index (χ0n) is 10.7. The van der Waals surface area contributed by atoms with E-state index < -0.39 is 10.0 Å². The van der Waals surface area contributed by atoms with Gasteiger partial charge in [-0.05, 0) is 53.9 Å². The van der Waals surface area contributed by atoms with E-state index in [0.29, 0.717) is 19.0 Å². The van der Waals surface area contributed by atoms with Crippen LogP contribution in [0.3, 0.4) is 0 Å². The minimum atomic E-state index is -3.17. The first-order valence-electron chi connectivity index (χ1n) is 6.50. The number of hydrogen-bond acceptors (Lipinski definition) is 4. The standard InChI is InChI=1S/C12H19BrN2O2S2/c13-12-5-4-11(18-12)9-15-19(16,17)8-6-10-3-1-2-7-14-10/h4-5,10,14-15H,1-3,6-9H2. The Morgan fingerprint density at radius 2 is 2.26 bits per heavy atom. The zero-order chi connectivity index (χ0) is 13.7. The molecule has 0 aliphatic carbocycles. The monoisotopic (exact) mass is 366 g/mol. The molecule has 1 aliphatic rings. The predicted molar refractivity (Wildman–Crippen MR) is 82.9 cm³/mol. The molecule has 1 aliphatic heterocycles. The fraction of sp³-hybridized carbons (Fsp3) is 0.667. The van der Waals surface area contributed by atoms with Gasteiger partial charge in [-0.3, -0.25) is 0 Å². The molecular weight excluding hydrogens is 348 g/mol. The Morgan fingerprint density at radius 3 is 2.89 bits per heavy atom. The lowest BCUT2D eigenvalue weighted by atomic mass is 10.0. The molecule has 0 bridgehead atoms. The lowest BCUT2D eigenvalue weighted by molar-refractivity contribution is 0.392. The maximum atomic E-state index is 11.9. The van der Waals surface area contributed by atoms with Crippen molar-refractivity contribution in [2.24, 2.45) is 0 Å². The van der Waals surface area contributed by atoms with Gasteiger partial charge in [-0.2, -0.15) is 0 Å². The van der Waals surface area contributed by atoms with Gasteiger partial charge in [-0.1, -0.05) is 6.42 Å². The lowest BCUT2D eigenvalue weighted by Gasteiger charge is -2.23. The van der Waals surface area contributed by atoms with Gasteiger partial charge in [0.25, 0.3) is 0 Å². The van der Waals surface area contributed by atoms with E-state index in [2.05, 4.69) is 26.0 Å². The van der Waals surface area contributed by atoms with Crippen molar-refractivity contribution in [1.29, 1.82) is 0 Å². The molecule has 19 heavy (non-hydrogen) atoms. The molecule has 1 saturated heterocycles. The van der Waals surface area contributed by atoms with Crippen LogP contribution in [-0.4, -0.2) is 26.8 Å². The molecule has 4 nitrogen and oxygen atoms in total. The number of rotatable bonds is 6. The van der Waals surface area contributed by atoms with Crippen molar-refractivity contribution >= 4 is 37.3 Å². The third-order valence-electron chi connectivity index (χ3n) is 3.24. The molecule has 1 atom stereocenters. The second kappa shape index (κ2) is 7.17. The Hall–Kier alpha value is 0.0500. The molecule has 0 spiro atoms. The van der Waals surface area contributed by atoms with Crippen LogP contribution < -0.4 is 10.0 Å². The quantitative estimate of drug-likeness (QED) is 0.812. The summed E-state index contributed by atoms with van der Waals surface area (Å²) in [7, 11) is -3.17. The van der Waals surface area contributed by atoms with Crippen LogP contribution in [0.4, 0.5) is 0 Å². The Balaban J connectivity index is 1.75. The van der Waals surface area contributed by atoms with Crippen molar-refractivity contribution in [1.82, 2.24) is 10.0 Å². The van der Waals surface area contributed by atoms with E-state index in [0.717, 1.165) is 21.6 Å². The molecular formula is C12H19BrN2O2S2. The van der Waals surface area contributed by atoms with Crippen molar-refractivity contribution in [3.05, 3.63) is 20.8 Å². The Morgan fingerprint density at radius 1 is 1.42 bits per heavy atom. The van der Waals surface area contributed by atoms with Crippen molar-refractivity contribution in [3.8, 4) is 0 Å². The van der Waals surface area contributed by atoms with Gasteiger partial charge in [0, 0.05) is 17.5 Å². The molecule has 1 unspecified atom stereocenters. The van der Waals surface area contributed by atoms with Crippen LogP contribution in [0.1, 0.15) is 30.6 Å². The summed E-state index contributed by atoms with van der Waals surface area (Å²) in [6.07, 6.45) is 4.19. The highest BCUT2D eigenvalue weighted by Gasteiger charge is 2.17. The fourth-order valence-electron chi connectivity index (χ4n) is 2.17. The molecule has 1 aromatic rings. The van der Waals surface area contributed by atoms with E-state index in [1.54, 1.807) is 11.3 Å². The van der Waals surface area contributed by atoms with Gasteiger partial charge < -0.3 is 5.32 Å². The third-order valence-corrected chi connectivity index (χ3v) is 6.22. The SMILES string of the molecule is O=S(=O)(CCC1CCCCN1)NCc1ccc(Br)s1. The largest absolute Gasteiger partial charge is 0.314 e. The van der Waals surface area contributed by atoms with Gasteiger partial charge in [0.1, 0.15) is 0 Å². The maximum Gasteiger partial charge on any atom is 0.211 e. The summed E-state index contributed by atoms with van der Waals surface area (Å²) in [5.41, 5.74) is 0. The number of nitrogens with one attached hydrogen (secondary N) is 2. The molecule has 0 radical (unpaired) electrons. The molecule has 108 valence electrons. The average molecular weight is 367 g/mol. The van der Waals surface area contributed by atoms with E-state index in [4.69, 9.17) is 0 Å². The van der Waals surface area contributed by atoms with Crippen molar-refractivity contribution < 1.29 is 8.42 Å². The summed E-state index contributed by atoms with van der Waals surface area (Å²) in [5, 5.41) is 3.37. The Kier molecular flexibility index (Phi) is 5.83. The molecule has 0 amide bonds. The van der Waals surface area contributed by atoms with Crippen LogP contribution >= 0.6 is 27.3 Å². The van der Waals surface area contributed by atoms with Crippen molar-refractivity contribution in [3.63, 3.8) is 0 Å². The van der Waals surface area contributed by atoms with E-state index in [-0.39, 0.29) is 5.75 Å². The smallest absolute Gasteiger partial charge is 0.211 e. The highest BCUT2D eigenvalue weighted by Crippen LogP contribution is 2.22. The highest BCUT2D eigenvalue weighted by molar-refractivity contribution is 9.11. The molecule has 2 heterocycles. The highest BCUT2D eigenvalue weighted by atomic mass is 79.9. The van der Waals surface area contributed by atoms with Crippen LogP contribution in [-0.2, 0) is 16.6 Å². The van der Waals surface area contributed by atoms with Crippen molar-refractivity contribution in [2.75, 3.05) is 12.3 Å². The van der Waals surface area contributed by atoms with Crippen molar-refractivity contribution in [2.45, 2.75) is 38.3 Å². The first-order valence-corrected chi connectivity index (χ1v) is 9.76. The number of hydrogen-bond donors (Lipinski definition) is 2. The normalized spacial score (nSPS) is 20.6. The summed E-state index contributed by atoms with van der Waals surface area (Å²) in [4.78, 5) is 1.02. The van der Waals surface area contributed by atoms with E-state index >= 15 is 0 Å². The van der Waals surface area contributed by atoms with Gasteiger partial charge >= 0.3 is 0 Å². The van der Waals surface area contributed by atoms with Crippen LogP contribution in [0, 0.1) is 0 Å². The lowest BCUT2D eigenvalue weighted by Crippen LogP contribution is -2.37. The molecule has 2 rings (SSSR count). The van der Waals surface area contributed by atoms with Gasteiger partial charge in [-0.15, -0.1) is 11.3 Å². The Labute approximate surface area is 127 Å². The molecule has 1 aromatic heterocycles. The minimum Gasteiger partial charge on any atom is -0.314 e. The first kappa shape index (κ1) is 15.4. The van der Waals surface area contributed by atoms with Crippen LogP contribution in [0.15, 0.2) is 15.9 Å². The second-order valence-electron chi connectivity index (χ2n) is 4.78. The number of thiophene rings is 1. The summed E-state index contributed by atoms with van der Waals surface area (Å²) >= 11 is 4.92. The van der Waals surface area contributed by atoms with Crippen LogP contribution in [0.5, 0.6) is 0 Å². The first-order chi connectivity index (χ1) is 9.05. The predicted octanol–water partition coefficient (Wildman–Crippen LogP) is 2.46. The topological polar surface area (TPSA) is 58.2 Å². The molecule has 0 aromatic carbocycles. The fourth-order valence-corrected chi connectivity index (χ4v) is 4.80. The second-order valence-corrected chi connectivity index (χ2v) is 9.26. The summed E-state index contributed by atoms with van der Waals surface area (Å²) in [6.45, 7) is 1.40. The minimum absolute atomic E-state index is 0.206. The average Bonchev–Trinajstić information content (AvgIpc) is 2.82. The van der Waals surface area contributed by atoms with Gasteiger partial charge in [0.15, 0.2) is 0 Å². The van der Waals surface area contributed by atoms with Crippen LogP contribution in [0.25, 0.3) is 0 Å². The van der Waals surface area contributed by atoms with Gasteiger partial charge in [0.2, 0.25) is 10.0 Å². The maximum absolute atomic E-state index is 11.9. The van der Waals surface area contributed by atoms with E-state index in [1.807, 2.05) is 12.1 Å². The summed E-state index contributed by atoms with van der Waals surface area (Å²) < 4.78 is 27.5. The van der Waals surface area contributed by atoms with Gasteiger partial charge in [-0.25, -0.2) is 13.1 Å². The number of piperidine rings is 1. The third kappa shape index (κ3) is 5.51. The molecule has 0 saturated carbocycles. The zero-order valence-corrected chi connectivity index (χ0v) is 13.9. The molecule has 1 fully saturated rings. The number of halogens is 1. The van der Waals surface area contributed by atoms with Gasteiger partial charge in [0.05, 0.1) is 9.54 Å². The summed E-state index contributed by atoms with van der Waals surface area (Å²) in [6, 6.07) is 4.22.